The highest BCUT2D eigenvalue weighted by molar-refractivity contribution is 6.30. The van der Waals surface area contributed by atoms with Crippen molar-refractivity contribution in [3.05, 3.63) is 70.7 Å². The molecule has 2 nitrogen and oxygen atoms in total. The third kappa shape index (κ3) is 5.93. The number of ether oxygens (including phenoxy) is 1. The van der Waals surface area contributed by atoms with Gasteiger partial charge in [-0.1, -0.05) is 54.1 Å². The van der Waals surface area contributed by atoms with Gasteiger partial charge in [0.15, 0.2) is 0 Å². The molecule has 0 aliphatic carbocycles. The predicted octanol–water partition coefficient (Wildman–Crippen LogP) is 3.85. The zero-order valence-electron chi connectivity index (χ0n) is 11.2. The molecule has 108 valence electrons. The summed E-state index contributed by atoms with van der Waals surface area (Å²) in [4.78, 5) is 0. The monoisotopic (exact) mass is 311 g/mol. The van der Waals surface area contributed by atoms with Gasteiger partial charge in [0, 0.05) is 11.1 Å². The van der Waals surface area contributed by atoms with Crippen molar-refractivity contribution in [2.75, 3.05) is 6.61 Å². The molecule has 2 rings (SSSR count). The molecule has 1 atom stereocenters. The van der Waals surface area contributed by atoms with Crippen LogP contribution in [0.4, 0.5) is 0 Å². The Morgan fingerprint density at radius 3 is 2.25 bits per heavy atom. The molecular formula is C16H19Cl2NO. The van der Waals surface area contributed by atoms with Crippen molar-refractivity contribution in [2.45, 2.75) is 19.1 Å². The van der Waals surface area contributed by atoms with Crippen LogP contribution in [0.1, 0.15) is 11.1 Å². The normalized spacial score (nSPS) is 11.7. The third-order valence-corrected chi connectivity index (χ3v) is 3.11. The Morgan fingerprint density at radius 1 is 0.950 bits per heavy atom. The fourth-order valence-corrected chi connectivity index (χ4v) is 2.01. The van der Waals surface area contributed by atoms with Crippen LogP contribution in [-0.2, 0) is 17.8 Å². The number of hydrogen-bond donors (Lipinski definition) is 1. The zero-order valence-corrected chi connectivity index (χ0v) is 12.7. The molecule has 0 radical (unpaired) electrons. The summed E-state index contributed by atoms with van der Waals surface area (Å²) in [6.07, 6.45) is 0.835. The summed E-state index contributed by atoms with van der Waals surface area (Å²) in [6, 6.07) is 17.9. The van der Waals surface area contributed by atoms with Crippen LogP contribution in [0.5, 0.6) is 0 Å². The first-order valence-corrected chi connectivity index (χ1v) is 6.73. The number of rotatable bonds is 6. The second kappa shape index (κ2) is 8.98. The van der Waals surface area contributed by atoms with Crippen LogP contribution < -0.4 is 5.73 Å². The van der Waals surface area contributed by atoms with E-state index in [0.29, 0.717) is 13.2 Å². The third-order valence-electron chi connectivity index (χ3n) is 2.85. The standard InChI is InChI=1S/C16H18ClNO.ClH/c17-15-8-6-14(7-9-15)11-19-12-16(18)10-13-4-2-1-3-5-13;/h1-9,16H,10-12,18H2;1H/t16-;/m0./s1. The van der Waals surface area contributed by atoms with Crippen molar-refractivity contribution < 1.29 is 4.74 Å². The van der Waals surface area contributed by atoms with Gasteiger partial charge in [-0.3, -0.25) is 0 Å². The van der Waals surface area contributed by atoms with E-state index in [1.54, 1.807) is 0 Å². The topological polar surface area (TPSA) is 35.2 Å². The zero-order chi connectivity index (χ0) is 13.5. The van der Waals surface area contributed by atoms with E-state index < -0.39 is 0 Å². The van der Waals surface area contributed by atoms with E-state index in [2.05, 4.69) is 12.1 Å². The summed E-state index contributed by atoms with van der Waals surface area (Å²) >= 11 is 5.83. The lowest BCUT2D eigenvalue weighted by molar-refractivity contribution is 0.108. The summed E-state index contributed by atoms with van der Waals surface area (Å²) in [5.41, 5.74) is 8.40. The lowest BCUT2D eigenvalue weighted by Gasteiger charge is -2.12. The highest BCUT2D eigenvalue weighted by atomic mass is 35.5. The van der Waals surface area contributed by atoms with Gasteiger partial charge in [0.25, 0.3) is 0 Å². The second-order valence-electron chi connectivity index (χ2n) is 4.59. The van der Waals surface area contributed by atoms with E-state index in [4.69, 9.17) is 22.1 Å². The Morgan fingerprint density at radius 2 is 1.60 bits per heavy atom. The predicted molar refractivity (Wildman–Crippen MR) is 86.5 cm³/mol. The lowest BCUT2D eigenvalue weighted by Crippen LogP contribution is -2.28. The highest BCUT2D eigenvalue weighted by Crippen LogP contribution is 2.10. The van der Waals surface area contributed by atoms with Crippen LogP contribution in [0.2, 0.25) is 5.02 Å². The molecule has 0 aliphatic rings. The van der Waals surface area contributed by atoms with Crippen LogP contribution in [0.15, 0.2) is 54.6 Å². The molecule has 0 saturated heterocycles. The maximum absolute atomic E-state index is 6.05. The summed E-state index contributed by atoms with van der Waals surface area (Å²) in [6.45, 7) is 1.12. The van der Waals surface area contributed by atoms with Gasteiger partial charge in [-0.2, -0.15) is 0 Å². The van der Waals surface area contributed by atoms with Crippen LogP contribution in [-0.4, -0.2) is 12.6 Å². The Hall–Kier alpha value is -1.06. The minimum absolute atomic E-state index is 0. The maximum Gasteiger partial charge on any atom is 0.0717 e. The molecule has 20 heavy (non-hydrogen) atoms. The van der Waals surface area contributed by atoms with Gasteiger partial charge in [0.1, 0.15) is 0 Å². The summed E-state index contributed by atoms with van der Waals surface area (Å²) in [7, 11) is 0. The number of halogens is 2. The van der Waals surface area contributed by atoms with Crippen molar-refractivity contribution in [1.82, 2.24) is 0 Å². The van der Waals surface area contributed by atoms with Gasteiger partial charge >= 0.3 is 0 Å². The van der Waals surface area contributed by atoms with E-state index in [-0.39, 0.29) is 18.4 Å². The van der Waals surface area contributed by atoms with E-state index in [0.717, 1.165) is 17.0 Å². The Bertz CT molecular complexity index is 488. The van der Waals surface area contributed by atoms with Gasteiger partial charge < -0.3 is 10.5 Å². The molecule has 2 N–H and O–H groups in total. The Balaban J connectivity index is 0.00000200. The molecule has 0 fully saturated rings. The van der Waals surface area contributed by atoms with E-state index in [1.807, 2.05) is 42.5 Å². The molecule has 2 aromatic rings. The summed E-state index contributed by atoms with van der Waals surface area (Å²) < 4.78 is 5.63. The van der Waals surface area contributed by atoms with Crippen molar-refractivity contribution in [3.63, 3.8) is 0 Å². The molecule has 0 unspecified atom stereocenters. The SMILES string of the molecule is Cl.N[C@H](COCc1ccc(Cl)cc1)Cc1ccccc1. The molecule has 0 amide bonds. The van der Waals surface area contributed by atoms with E-state index in [9.17, 15) is 0 Å². The van der Waals surface area contributed by atoms with Crippen LogP contribution in [0, 0.1) is 0 Å². The maximum atomic E-state index is 6.05. The van der Waals surface area contributed by atoms with Crippen LogP contribution in [0.25, 0.3) is 0 Å². The first-order chi connectivity index (χ1) is 9.24. The van der Waals surface area contributed by atoms with E-state index >= 15 is 0 Å². The quantitative estimate of drug-likeness (QED) is 0.879. The summed E-state index contributed by atoms with van der Waals surface area (Å²) in [5, 5.41) is 0.740. The molecule has 0 aromatic heterocycles. The molecule has 0 heterocycles. The highest BCUT2D eigenvalue weighted by Gasteiger charge is 2.04. The average molecular weight is 312 g/mol. The molecular weight excluding hydrogens is 293 g/mol. The van der Waals surface area contributed by atoms with Gasteiger partial charge in [0.05, 0.1) is 13.2 Å². The van der Waals surface area contributed by atoms with Crippen molar-refractivity contribution in [1.29, 1.82) is 0 Å². The fraction of sp³-hybridized carbons (Fsp3) is 0.250. The van der Waals surface area contributed by atoms with E-state index in [1.165, 1.54) is 5.56 Å². The molecule has 0 spiro atoms. The van der Waals surface area contributed by atoms with Gasteiger partial charge in [-0.15, -0.1) is 12.4 Å². The Labute approximate surface area is 131 Å². The van der Waals surface area contributed by atoms with Gasteiger partial charge in [0.2, 0.25) is 0 Å². The van der Waals surface area contributed by atoms with Gasteiger partial charge in [-0.25, -0.2) is 0 Å². The number of nitrogens with two attached hydrogens (primary N) is 1. The minimum Gasteiger partial charge on any atom is -0.375 e. The van der Waals surface area contributed by atoms with Crippen molar-refractivity contribution in [2.24, 2.45) is 5.73 Å². The molecule has 0 aliphatic heterocycles. The number of hydrogen-bond acceptors (Lipinski definition) is 2. The Kier molecular flexibility index (Phi) is 7.63. The minimum atomic E-state index is 0. The first-order valence-electron chi connectivity index (χ1n) is 6.36. The van der Waals surface area contributed by atoms with Crippen LogP contribution >= 0.6 is 24.0 Å². The molecule has 2 aromatic carbocycles. The molecule has 0 bridgehead atoms. The summed E-state index contributed by atoms with van der Waals surface area (Å²) in [5.74, 6) is 0. The largest absolute Gasteiger partial charge is 0.375 e. The van der Waals surface area contributed by atoms with Crippen LogP contribution in [0.3, 0.4) is 0 Å². The smallest absolute Gasteiger partial charge is 0.0717 e. The average Bonchev–Trinajstić information content (AvgIpc) is 2.42. The fourth-order valence-electron chi connectivity index (χ4n) is 1.88. The number of benzene rings is 2. The second-order valence-corrected chi connectivity index (χ2v) is 5.03. The molecule has 0 saturated carbocycles. The lowest BCUT2D eigenvalue weighted by atomic mass is 10.1. The van der Waals surface area contributed by atoms with Crippen molar-refractivity contribution in [3.8, 4) is 0 Å². The van der Waals surface area contributed by atoms with Gasteiger partial charge in [-0.05, 0) is 29.7 Å². The first kappa shape index (κ1) is 17.0. The van der Waals surface area contributed by atoms with Crippen molar-refractivity contribution >= 4 is 24.0 Å². The molecule has 4 heteroatoms.